The van der Waals surface area contributed by atoms with Gasteiger partial charge in [0, 0.05) is 37.7 Å². The van der Waals surface area contributed by atoms with Crippen LogP contribution in [-0.4, -0.2) is 54.6 Å². The summed E-state index contributed by atoms with van der Waals surface area (Å²) in [7, 11) is 0. The maximum atomic E-state index is 13.4. The molecule has 9 nitrogen and oxygen atoms in total. The third-order valence-electron chi connectivity index (χ3n) is 6.53. The molecule has 1 saturated carbocycles. The Labute approximate surface area is 192 Å². The van der Waals surface area contributed by atoms with Gasteiger partial charge in [0.2, 0.25) is 5.91 Å². The molecule has 0 atom stereocenters. The number of hydrogen-bond donors (Lipinski definition) is 1. The maximum absolute atomic E-state index is 13.4. The number of carbonyl (C=O) groups excluding carboxylic acids is 2. The second kappa shape index (κ2) is 8.80. The first-order valence-corrected chi connectivity index (χ1v) is 11.7. The van der Waals surface area contributed by atoms with Gasteiger partial charge in [-0.2, -0.15) is 5.10 Å². The Kier molecular flexibility index (Phi) is 5.70. The fourth-order valence-corrected chi connectivity index (χ4v) is 4.38. The lowest BCUT2D eigenvalue weighted by atomic mass is 9.95. The number of piperidine rings is 1. The summed E-state index contributed by atoms with van der Waals surface area (Å²) in [5.41, 5.74) is 4.18. The van der Waals surface area contributed by atoms with E-state index >= 15 is 0 Å². The number of hydrogen-bond acceptors (Lipinski definition) is 5. The van der Waals surface area contributed by atoms with Gasteiger partial charge in [-0.25, -0.2) is 4.68 Å². The van der Waals surface area contributed by atoms with Crippen molar-refractivity contribution in [2.24, 2.45) is 5.92 Å². The molecular formula is C24H29N7O2. The molecule has 3 aromatic rings. The van der Waals surface area contributed by atoms with E-state index in [4.69, 9.17) is 0 Å². The van der Waals surface area contributed by atoms with Gasteiger partial charge in [-0.15, -0.1) is 5.10 Å². The fraction of sp³-hybridized carbons (Fsp3) is 0.458. The Balaban J connectivity index is 1.25. The van der Waals surface area contributed by atoms with Crippen LogP contribution in [0, 0.1) is 12.8 Å². The van der Waals surface area contributed by atoms with Crippen molar-refractivity contribution in [2.75, 3.05) is 18.4 Å². The molecule has 0 unspecified atom stereocenters. The highest BCUT2D eigenvalue weighted by molar-refractivity contribution is 5.95. The predicted octanol–water partition coefficient (Wildman–Crippen LogP) is 3.16. The van der Waals surface area contributed by atoms with Gasteiger partial charge in [-0.1, -0.05) is 22.9 Å². The molecule has 2 amide bonds. The quantitative estimate of drug-likeness (QED) is 0.626. The lowest BCUT2D eigenvalue weighted by molar-refractivity contribution is -0.121. The van der Waals surface area contributed by atoms with Crippen molar-refractivity contribution in [3.63, 3.8) is 0 Å². The van der Waals surface area contributed by atoms with Crippen molar-refractivity contribution in [1.29, 1.82) is 0 Å². The first kappa shape index (κ1) is 21.4. The van der Waals surface area contributed by atoms with Gasteiger partial charge in [0.1, 0.15) is 0 Å². The molecule has 172 valence electrons. The summed E-state index contributed by atoms with van der Waals surface area (Å²) >= 11 is 0. The Morgan fingerprint density at radius 2 is 1.82 bits per heavy atom. The van der Waals surface area contributed by atoms with Crippen molar-refractivity contribution >= 4 is 17.5 Å². The van der Waals surface area contributed by atoms with E-state index in [2.05, 4.69) is 20.7 Å². The van der Waals surface area contributed by atoms with Crippen LogP contribution in [0.2, 0.25) is 0 Å². The fourth-order valence-electron chi connectivity index (χ4n) is 4.38. The zero-order chi connectivity index (χ0) is 22.9. The Morgan fingerprint density at radius 1 is 1.09 bits per heavy atom. The Bertz CT molecular complexity index is 1150. The van der Waals surface area contributed by atoms with Gasteiger partial charge in [0.25, 0.3) is 5.91 Å². The largest absolute Gasteiger partial charge is 0.337 e. The summed E-state index contributed by atoms with van der Waals surface area (Å²) in [6.45, 7) is 5.87. The van der Waals surface area contributed by atoms with Gasteiger partial charge in [0.05, 0.1) is 23.3 Å². The van der Waals surface area contributed by atoms with Crippen molar-refractivity contribution in [2.45, 2.75) is 52.0 Å². The number of amides is 2. The highest BCUT2D eigenvalue weighted by Gasteiger charge is 2.37. The van der Waals surface area contributed by atoms with Crippen LogP contribution < -0.4 is 5.32 Å². The zero-order valence-electron chi connectivity index (χ0n) is 19.1. The van der Waals surface area contributed by atoms with E-state index in [0.29, 0.717) is 43.2 Å². The van der Waals surface area contributed by atoms with Gasteiger partial charge in [0.15, 0.2) is 5.69 Å². The van der Waals surface area contributed by atoms with Gasteiger partial charge in [-0.05, 0) is 51.7 Å². The number of nitrogens with one attached hydrogen (secondary N) is 1. The molecule has 2 fully saturated rings. The Hall–Kier alpha value is -3.49. The van der Waals surface area contributed by atoms with Crippen LogP contribution in [-0.2, 0) is 11.3 Å². The topological polar surface area (TPSA) is 97.9 Å². The van der Waals surface area contributed by atoms with Crippen LogP contribution in [0.3, 0.4) is 0 Å². The number of anilines is 1. The highest BCUT2D eigenvalue weighted by Crippen LogP contribution is 2.42. The zero-order valence-corrected chi connectivity index (χ0v) is 19.1. The standard InChI is InChI=1S/C24H29N7O2/c1-3-30-15-19(14-25-30)26-23(32)18-10-12-29(13-11-18)24(33)21-22(17-6-7-17)31(28-27-21)20-8-4-16(2)5-9-20/h4-5,8-9,14-15,17-18H,3,6-7,10-13H2,1-2H3,(H,26,32). The third-order valence-corrected chi connectivity index (χ3v) is 6.53. The smallest absolute Gasteiger partial charge is 0.276 e. The molecule has 2 aliphatic rings. The molecule has 0 bridgehead atoms. The van der Waals surface area contributed by atoms with Crippen LogP contribution >= 0.6 is 0 Å². The van der Waals surface area contributed by atoms with E-state index < -0.39 is 0 Å². The average Bonchev–Trinajstić information content (AvgIpc) is 3.41. The third kappa shape index (κ3) is 4.40. The molecule has 1 aliphatic heterocycles. The van der Waals surface area contributed by atoms with Crippen molar-refractivity contribution in [3.05, 3.63) is 53.6 Å². The summed E-state index contributed by atoms with van der Waals surface area (Å²) in [6.07, 6.45) is 6.85. The molecule has 0 spiro atoms. The van der Waals surface area contributed by atoms with E-state index in [0.717, 1.165) is 30.8 Å². The normalized spacial score (nSPS) is 16.7. The number of nitrogens with zero attached hydrogens (tertiary/aromatic N) is 6. The molecule has 1 saturated heterocycles. The average molecular weight is 448 g/mol. The Morgan fingerprint density at radius 3 is 2.45 bits per heavy atom. The molecule has 9 heteroatoms. The monoisotopic (exact) mass is 447 g/mol. The van der Waals surface area contributed by atoms with E-state index in [1.54, 1.807) is 10.9 Å². The van der Waals surface area contributed by atoms with Gasteiger partial charge < -0.3 is 10.2 Å². The molecule has 1 aliphatic carbocycles. The minimum absolute atomic E-state index is 0.0123. The first-order valence-electron chi connectivity index (χ1n) is 11.7. The molecule has 1 aromatic carbocycles. The van der Waals surface area contributed by atoms with E-state index in [9.17, 15) is 9.59 Å². The second-order valence-corrected chi connectivity index (χ2v) is 8.99. The van der Waals surface area contributed by atoms with Crippen molar-refractivity contribution in [3.8, 4) is 5.69 Å². The molecule has 1 N–H and O–H groups in total. The highest BCUT2D eigenvalue weighted by atomic mass is 16.2. The first-order chi connectivity index (χ1) is 16.0. The van der Waals surface area contributed by atoms with E-state index in [1.807, 2.05) is 53.9 Å². The van der Waals surface area contributed by atoms with Gasteiger partial charge in [-0.3, -0.25) is 14.3 Å². The summed E-state index contributed by atoms with van der Waals surface area (Å²) in [5, 5.41) is 15.8. The number of aromatic nitrogens is 5. The van der Waals surface area contributed by atoms with Crippen LogP contribution in [0.1, 0.15) is 60.3 Å². The van der Waals surface area contributed by atoms with Crippen LogP contribution in [0.5, 0.6) is 0 Å². The predicted molar refractivity (Wildman–Crippen MR) is 123 cm³/mol. The van der Waals surface area contributed by atoms with Crippen LogP contribution in [0.15, 0.2) is 36.7 Å². The summed E-state index contributed by atoms with van der Waals surface area (Å²) in [5.74, 6) is 0.109. The number of benzene rings is 1. The molecule has 2 aromatic heterocycles. The molecule has 3 heterocycles. The number of rotatable bonds is 6. The summed E-state index contributed by atoms with van der Waals surface area (Å²) in [6, 6.07) is 8.10. The molecule has 5 rings (SSSR count). The molecule has 0 radical (unpaired) electrons. The maximum Gasteiger partial charge on any atom is 0.276 e. The lowest BCUT2D eigenvalue weighted by Crippen LogP contribution is -2.41. The SMILES string of the molecule is CCn1cc(NC(=O)C2CCN(C(=O)c3nnn(-c4ccc(C)cc4)c3C3CC3)CC2)cn1. The van der Waals surface area contributed by atoms with E-state index in [1.165, 1.54) is 5.56 Å². The van der Waals surface area contributed by atoms with Crippen molar-refractivity contribution in [1.82, 2.24) is 29.7 Å². The summed E-state index contributed by atoms with van der Waals surface area (Å²) in [4.78, 5) is 27.8. The van der Waals surface area contributed by atoms with Crippen molar-refractivity contribution < 1.29 is 9.59 Å². The molecular weight excluding hydrogens is 418 g/mol. The lowest BCUT2D eigenvalue weighted by Gasteiger charge is -2.31. The number of likely N-dealkylation sites (tertiary alicyclic amines) is 1. The van der Waals surface area contributed by atoms with Crippen LogP contribution in [0.4, 0.5) is 5.69 Å². The minimum atomic E-state index is -0.120. The van der Waals surface area contributed by atoms with Gasteiger partial charge >= 0.3 is 0 Å². The molecule has 33 heavy (non-hydrogen) atoms. The van der Waals surface area contributed by atoms with E-state index in [-0.39, 0.29) is 17.7 Å². The second-order valence-electron chi connectivity index (χ2n) is 8.99. The minimum Gasteiger partial charge on any atom is -0.337 e. The number of carbonyl (C=O) groups is 2. The van der Waals surface area contributed by atoms with Crippen LogP contribution in [0.25, 0.3) is 5.69 Å². The number of aryl methyl sites for hydroxylation is 2. The summed E-state index contributed by atoms with van der Waals surface area (Å²) < 4.78 is 3.60.